The van der Waals surface area contributed by atoms with Gasteiger partial charge in [0.15, 0.2) is 4.08 Å². The second-order valence-corrected chi connectivity index (χ2v) is 8.29. The predicted octanol–water partition coefficient (Wildman–Crippen LogP) is 3.03. The quantitative estimate of drug-likeness (QED) is 0.590. The molecule has 2 fully saturated rings. The van der Waals surface area contributed by atoms with E-state index in [1.807, 2.05) is 0 Å². The molecule has 1 aliphatic heterocycles. The lowest BCUT2D eigenvalue weighted by molar-refractivity contribution is 0.489. The van der Waals surface area contributed by atoms with Crippen LogP contribution in [0.2, 0.25) is 0 Å². The summed E-state index contributed by atoms with van der Waals surface area (Å²) in [6.45, 7) is 2.39. The first kappa shape index (κ1) is 9.26. The molecule has 1 saturated heterocycles. The van der Waals surface area contributed by atoms with Gasteiger partial charge in [-0.3, -0.25) is 0 Å². The second kappa shape index (κ2) is 3.83. The van der Waals surface area contributed by atoms with Gasteiger partial charge in [0.2, 0.25) is 0 Å². The van der Waals surface area contributed by atoms with Crippen LogP contribution >= 0.6 is 11.8 Å². The minimum absolute atomic E-state index is 0.784. The largest absolute Gasteiger partial charge is 0.173 e. The van der Waals surface area contributed by atoms with Crippen LogP contribution in [-0.4, -0.2) is 21.3 Å². The fourth-order valence-electron chi connectivity index (χ4n) is 2.53. The van der Waals surface area contributed by atoms with E-state index < -0.39 is 0 Å². The Morgan fingerprint density at radius 3 is 2.67 bits per heavy atom. The molecule has 0 nitrogen and oxygen atoms in total. The van der Waals surface area contributed by atoms with Gasteiger partial charge in [0.1, 0.15) is 11.5 Å². The van der Waals surface area contributed by atoms with E-state index >= 15 is 0 Å². The molecule has 12 heavy (non-hydrogen) atoms. The summed E-state index contributed by atoms with van der Waals surface area (Å²) >= 11 is 2.31. The van der Waals surface area contributed by atoms with Gasteiger partial charge in [0, 0.05) is 29.5 Å². The Kier molecular flexibility index (Phi) is 2.96. The normalized spacial score (nSPS) is 34.2. The van der Waals surface area contributed by atoms with Crippen molar-refractivity contribution in [3.8, 4) is 0 Å². The van der Waals surface area contributed by atoms with Crippen LogP contribution in [0, 0.1) is 0 Å². The van der Waals surface area contributed by atoms with Crippen molar-refractivity contribution in [3.05, 3.63) is 0 Å². The molecule has 1 spiro atoms. The molecule has 0 bridgehead atoms. The van der Waals surface area contributed by atoms with Crippen LogP contribution in [0.15, 0.2) is 0 Å². The zero-order chi connectivity index (χ0) is 8.44. The molecule has 1 aliphatic carbocycles. The minimum Gasteiger partial charge on any atom is -0.0974 e. The van der Waals surface area contributed by atoms with E-state index in [2.05, 4.69) is 18.7 Å². The maximum atomic E-state index is 2.39. The van der Waals surface area contributed by atoms with Gasteiger partial charge in [0.25, 0.3) is 0 Å². The highest BCUT2D eigenvalue weighted by Crippen LogP contribution is 2.49. The number of thioether (sulfide) groups is 1. The molecule has 1 saturated carbocycles. The SMILES string of the molecule is CC[S+]1CCSC12CCCCC2. The van der Waals surface area contributed by atoms with Crippen molar-refractivity contribution in [2.75, 3.05) is 17.3 Å². The van der Waals surface area contributed by atoms with Crippen LogP contribution < -0.4 is 0 Å². The van der Waals surface area contributed by atoms with E-state index in [0.29, 0.717) is 0 Å². The van der Waals surface area contributed by atoms with Crippen molar-refractivity contribution >= 4 is 22.7 Å². The molecule has 2 aliphatic rings. The molecule has 0 radical (unpaired) electrons. The van der Waals surface area contributed by atoms with Crippen molar-refractivity contribution in [2.24, 2.45) is 0 Å². The number of hydrogen-bond acceptors (Lipinski definition) is 1. The van der Waals surface area contributed by atoms with E-state index in [9.17, 15) is 0 Å². The van der Waals surface area contributed by atoms with Crippen LogP contribution in [0.3, 0.4) is 0 Å². The zero-order valence-electron chi connectivity index (χ0n) is 7.97. The molecular weight excluding hydrogens is 184 g/mol. The van der Waals surface area contributed by atoms with Gasteiger partial charge in [-0.25, -0.2) is 0 Å². The van der Waals surface area contributed by atoms with Gasteiger partial charge in [-0.2, -0.15) is 0 Å². The Bertz CT molecular complexity index is 150. The zero-order valence-corrected chi connectivity index (χ0v) is 9.61. The molecule has 0 aromatic carbocycles. The molecule has 0 amide bonds. The summed E-state index contributed by atoms with van der Waals surface area (Å²) in [6.07, 6.45) is 7.60. The number of hydrogen-bond donors (Lipinski definition) is 0. The summed E-state index contributed by atoms with van der Waals surface area (Å²) < 4.78 is 0.785. The highest BCUT2D eigenvalue weighted by molar-refractivity contribution is 8.19. The van der Waals surface area contributed by atoms with Crippen LogP contribution in [0.25, 0.3) is 0 Å². The van der Waals surface area contributed by atoms with E-state index in [1.54, 1.807) is 0 Å². The van der Waals surface area contributed by atoms with Crippen molar-refractivity contribution < 1.29 is 0 Å². The summed E-state index contributed by atoms with van der Waals surface area (Å²) in [5.41, 5.74) is 0. The molecule has 0 N–H and O–H groups in total. The summed E-state index contributed by atoms with van der Waals surface area (Å²) in [5, 5.41) is 0. The molecule has 70 valence electrons. The van der Waals surface area contributed by atoms with Gasteiger partial charge < -0.3 is 0 Å². The smallest absolute Gasteiger partial charge is 0.0974 e. The van der Waals surface area contributed by atoms with Crippen molar-refractivity contribution in [1.29, 1.82) is 0 Å². The third kappa shape index (κ3) is 1.52. The average Bonchev–Trinajstić information content (AvgIpc) is 2.49. The second-order valence-electron chi connectivity index (χ2n) is 3.81. The van der Waals surface area contributed by atoms with Crippen LogP contribution in [0.5, 0.6) is 0 Å². The van der Waals surface area contributed by atoms with Gasteiger partial charge >= 0.3 is 0 Å². The average molecular weight is 203 g/mol. The number of rotatable bonds is 1. The Hall–Kier alpha value is 0.700. The first-order valence-corrected chi connectivity index (χ1v) is 7.74. The molecule has 1 unspecified atom stereocenters. The van der Waals surface area contributed by atoms with Gasteiger partial charge in [0.05, 0.1) is 0 Å². The highest BCUT2D eigenvalue weighted by atomic mass is 32.2. The third-order valence-corrected chi connectivity index (χ3v) is 8.70. The molecule has 2 heteroatoms. The standard InChI is InChI=1S/C10H19S2/c1-2-12-9-8-11-10(12)6-4-3-5-7-10/h2-9H2,1H3/q+1. The molecule has 1 atom stereocenters. The van der Waals surface area contributed by atoms with E-state index in [1.165, 1.54) is 49.4 Å². The lowest BCUT2D eigenvalue weighted by Gasteiger charge is -2.30. The Morgan fingerprint density at radius 1 is 1.25 bits per heavy atom. The van der Waals surface area contributed by atoms with E-state index in [4.69, 9.17) is 0 Å². The van der Waals surface area contributed by atoms with Crippen LogP contribution in [-0.2, 0) is 10.9 Å². The Morgan fingerprint density at radius 2 is 2.00 bits per heavy atom. The van der Waals surface area contributed by atoms with Gasteiger partial charge in [-0.1, -0.05) is 18.2 Å². The van der Waals surface area contributed by atoms with E-state index in [-0.39, 0.29) is 0 Å². The maximum Gasteiger partial charge on any atom is 0.173 e. The first-order chi connectivity index (χ1) is 5.87. The van der Waals surface area contributed by atoms with Crippen molar-refractivity contribution in [1.82, 2.24) is 0 Å². The lowest BCUT2D eigenvalue weighted by Crippen LogP contribution is -2.35. The van der Waals surface area contributed by atoms with Crippen LogP contribution in [0.1, 0.15) is 39.0 Å². The first-order valence-electron chi connectivity index (χ1n) is 5.19. The van der Waals surface area contributed by atoms with Crippen molar-refractivity contribution in [2.45, 2.75) is 43.1 Å². The van der Waals surface area contributed by atoms with Gasteiger partial charge in [-0.05, 0) is 19.8 Å². The fraction of sp³-hybridized carbons (Fsp3) is 1.00. The monoisotopic (exact) mass is 203 g/mol. The van der Waals surface area contributed by atoms with Gasteiger partial charge in [-0.15, -0.1) is 0 Å². The highest BCUT2D eigenvalue weighted by Gasteiger charge is 2.51. The van der Waals surface area contributed by atoms with Crippen molar-refractivity contribution in [3.63, 3.8) is 0 Å². The summed E-state index contributed by atoms with van der Waals surface area (Å²) in [4.78, 5) is 0. The maximum absolute atomic E-state index is 2.39. The Labute approximate surface area is 83.2 Å². The summed E-state index contributed by atoms with van der Waals surface area (Å²) in [7, 11) is 0.784. The fourth-order valence-corrected chi connectivity index (χ4v) is 8.19. The third-order valence-electron chi connectivity index (χ3n) is 3.18. The van der Waals surface area contributed by atoms with E-state index in [0.717, 1.165) is 15.0 Å². The predicted molar refractivity (Wildman–Crippen MR) is 61.0 cm³/mol. The van der Waals surface area contributed by atoms with Crippen LogP contribution in [0.4, 0.5) is 0 Å². The molecule has 2 rings (SSSR count). The molecular formula is C10H19S2+. The summed E-state index contributed by atoms with van der Waals surface area (Å²) in [6, 6.07) is 0. The molecule has 0 aromatic rings. The molecule has 1 heterocycles. The minimum atomic E-state index is 0.784. The summed E-state index contributed by atoms with van der Waals surface area (Å²) in [5.74, 6) is 4.44. The molecule has 0 aromatic heterocycles. The Balaban J connectivity index is 2.05. The lowest BCUT2D eigenvalue weighted by atomic mass is 10.00. The topological polar surface area (TPSA) is 0 Å².